The Balaban J connectivity index is 1.95. The number of carbonyl (C=O) groups is 1. The zero-order valence-electron chi connectivity index (χ0n) is 12.5. The fourth-order valence-electron chi connectivity index (χ4n) is 3.21. The van der Waals surface area contributed by atoms with Crippen molar-refractivity contribution in [3.63, 3.8) is 0 Å². The van der Waals surface area contributed by atoms with Crippen molar-refractivity contribution in [1.82, 2.24) is 14.9 Å². The van der Waals surface area contributed by atoms with Crippen LogP contribution < -0.4 is 5.32 Å². The molecular formula is C16H19ClFN3O. The SMILES string of the molecule is CCn1c(C(=O)NC2(CCF)CCC2)cc2ccnc(Cl)c21. The number of nitrogens with zero attached hydrogens (tertiary/aromatic N) is 2. The smallest absolute Gasteiger partial charge is 0.268 e. The van der Waals surface area contributed by atoms with Gasteiger partial charge in [-0.15, -0.1) is 0 Å². The highest BCUT2D eigenvalue weighted by molar-refractivity contribution is 6.34. The van der Waals surface area contributed by atoms with Crippen LogP contribution in [0, 0.1) is 0 Å². The van der Waals surface area contributed by atoms with Gasteiger partial charge < -0.3 is 9.88 Å². The molecule has 0 aliphatic heterocycles. The Morgan fingerprint density at radius 2 is 2.32 bits per heavy atom. The number of nitrogens with one attached hydrogen (secondary N) is 1. The third kappa shape index (κ3) is 2.47. The maximum absolute atomic E-state index is 12.7. The van der Waals surface area contributed by atoms with Crippen LogP contribution in [0.25, 0.3) is 10.9 Å². The summed E-state index contributed by atoms with van der Waals surface area (Å²) in [6.45, 7) is 2.17. The Kier molecular flexibility index (Phi) is 4.08. The van der Waals surface area contributed by atoms with Gasteiger partial charge in [-0.05, 0) is 44.7 Å². The number of alkyl halides is 1. The Labute approximate surface area is 133 Å². The number of hydrogen-bond donors (Lipinski definition) is 1. The summed E-state index contributed by atoms with van der Waals surface area (Å²) in [5.74, 6) is -0.165. The van der Waals surface area contributed by atoms with E-state index in [4.69, 9.17) is 11.6 Å². The van der Waals surface area contributed by atoms with Crippen molar-refractivity contribution in [2.75, 3.05) is 6.67 Å². The van der Waals surface area contributed by atoms with Gasteiger partial charge >= 0.3 is 0 Å². The highest BCUT2D eigenvalue weighted by atomic mass is 35.5. The third-order valence-corrected chi connectivity index (χ3v) is 4.85. The lowest BCUT2D eigenvalue weighted by Crippen LogP contribution is -2.54. The molecule has 0 saturated heterocycles. The van der Waals surface area contributed by atoms with Crippen molar-refractivity contribution in [3.05, 3.63) is 29.2 Å². The van der Waals surface area contributed by atoms with Gasteiger partial charge in [0.25, 0.3) is 5.91 Å². The highest BCUT2D eigenvalue weighted by Crippen LogP contribution is 2.35. The van der Waals surface area contributed by atoms with Crippen molar-refractivity contribution in [2.24, 2.45) is 0 Å². The van der Waals surface area contributed by atoms with E-state index in [0.29, 0.717) is 23.8 Å². The number of carbonyl (C=O) groups excluding carboxylic acids is 1. The predicted octanol–water partition coefficient (Wildman–Crippen LogP) is 3.72. The molecule has 0 bridgehead atoms. The van der Waals surface area contributed by atoms with Gasteiger partial charge in [0.05, 0.1) is 12.2 Å². The monoisotopic (exact) mass is 323 g/mol. The maximum atomic E-state index is 12.7. The minimum atomic E-state index is -0.410. The van der Waals surface area contributed by atoms with Gasteiger partial charge in [0, 0.05) is 23.7 Å². The van der Waals surface area contributed by atoms with Crippen molar-refractivity contribution in [1.29, 1.82) is 0 Å². The molecule has 1 amide bonds. The molecule has 0 spiro atoms. The summed E-state index contributed by atoms with van der Waals surface area (Å²) >= 11 is 6.17. The van der Waals surface area contributed by atoms with Crippen LogP contribution in [0.1, 0.15) is 43.1 Å². The largest absolute Gasteiger partial charge is 0.345 e. The zero-order valence-corrected chi connectivity index (χ0v) is 13.3. The fraction of sp³-hybridized carbons (Fsp3) is 0.500. The Morgan fingerprint density at radius 3 is 2.91 bits per heavy atom. The lowest BCUT2D eigenvalue weighted by Gasteiger charge is -2.42. The predicted molar refractivity (Wildman–Crippen MR) is 85.1 cm³/mol. The quantitative estimate of drug-likeness (QED) is 0.852. The number of hydrogen-bond acceptors (Lipinski definition) is 2. The molecule has 4 nitrogen and oxygen atoms in total. The van der Waals surface area contributed by atoms with Crippen LogP contribution in [0.4, 0.5) is 4.39 Å². The van der Waals surface area contributed by atoms with E-state index in [9.17, 15) is 9.18 Å². The lowest BCUT2D eigenvalue weighted by atomic mass is 9.74. The van der Waals surface area contributed by atoms with Crippen LogP contribution in [0.15, 0.2) is 18.3 Å². The van der Waals surface area contributed by atoms with Crippen molar-refractivity contribution < 1.29 is 9.18 Å². The number of fused-ring (bicyclic) bond motifs is 1. The molecule has 0 atom stereocenters. The molecule has 118 valence electrons. The number of aryl methyl sites for hydroxylation is 1. The first-order valence-corrected chi connectivity index (χ1v) is 8.00. The molecule has 2 heterocycles. The number of halogens is 2. The van der Waals surface area contributed by atoms with E-state index < -0.39 is 6.67 Å². The third-order valence-electron chi connectivity index (χ3n) is 4.58. The Bertz CT molecular complexity index is 709. The van der Waals surface area contributed by atoms with Gasteiger partial charge in [-0.2, -0.15) is 0 Å². The summed E-state index contributed by atoms with van der Waals surface area (Å²) < 4.78 is 14.6. The lowest BCUT2D eigenvalue weighted by molar-refractivity contribution is 0.0791. The van der Waals surface area contributed by atoms with Crippen LogP contribution >= 0.6 is 11.6 Å². The number of pyridine rings is 1. The first-order valence-electron chi connectivity index (χ1n) is 7.62. The van der Waals surface area contributed by atoms with Crippen LogP contribution in [0.3, 0.4) is 0 Å². The maximum Gasteiger partial charge on any atom is 0.268 e. The van der Waals surface area contributed by atoms with Gasteiger partial charge in [-0.1, -0.05) is 11.6 Å². The van der Waals surface area contributed by atoms with E-state index in [1.165, 1.54) is 0 Å². The van der Waals surface area contributed by atoms with Crippen molar-refractivity contribution in [3.8, 4) is 0 Å². The molecule has 1 fully saturated rings. The zero-order chi connectivity index (χ0) is 15.7. The molecule has 0 unspecified atom stereocenters. The van der Waals surface area contributed by atoms with E-state index in [1.54, 1.807) is 6.20 Å². The van der Waals surface area contributed by atoms with E-state index in [2.05, 4.69) is 10.3 Å². The summed E-state index contributed by atoms with van der Waals surface area (Å²) in [6.07, 6.45) is 4.73. The summed E-state index contributed by atoms with van der Waals surface area (Å²) in [6, 6.07) is 3.66. The van der Waals surface area contributed by atoms with Crippen LogP contribution in [-0.2, 0) is 6.54 Å². The molecule has 0 radical (unpaired) electrons. The molecule has 2 aromatic rings. The molecule has 6 heteroatoms. The van der Waals surface area contributed by atoms with Gasteiger partial charge in [0.15, 0.2) is 5.15 Å². The highest BCUT2D eigenvalue weighted by Gasteiger charge is 2.38. The van der Waals surface area contributed by atoms with E-state index in [1.807, 2.05) is 23.6 Å². The standard InChI is InChI=1S/C16H19ClFN3O/c1-2-21-12(10-11-4-9-19-14(17)13(11)21)15(22)20-16(7-8-18)5-3-6-16/h4,9-10H,2-3,5-8H2,1H3,(H,20,22). The first kappa shape index (κ1) is 15.3. The minimum Gasteiger partial charge on any atom is -0.345 e. The minimum absolute atomic E-state index is 0.165. The molecule has 1 aliphatic rings. The molecule has 1 N–H and O–H groups in total. The average molecular weight is 324 g/mol. The summed E-state index contributed by atoms with van der Waals surface area (Å²) in [7, 11) is 0. The van der Waals surface area contributed by atoms with Crippen molar-refractivity contribution >= 4 is 28.4 Å². The summed E-state index contributed by atoms with van der Waals surface area (Å²) in [5, 5.41) is 4.32. The van der Waals surface area contributed by atoms with Gasteiger partial charge in [-0.3, -0.25) is 9.18 Å². The second kappa shape index (κ2) is 5.88. The molecule has 3 rings (SSSR count). The normalized spacial score (nSPS) is 16.5. The van der Waals surface area contributed by atoms with E-state index >= 15 is 0 Å². The van der Waals surface area contributed by atoms with E-state index in [-0.39, 0.29) is 11.4 Å². The number of rotatable bonds is 5. The van der Waals surface area contributed by atoms with Gasteiger partial charge in [0.2, 0.25) is 0 Å². The van der Waals surface area contributed by atoms with E-state index in [0.717, 1.165) is 30.2 Å². The number of amides is 1. The summed E-state index contributed by atoms with van der Waals surface area (Å²) in [5.41, 5.74) is 0.950. The topological polar surface area (TPSA) is 46.9 Å². The molecule has 1 saturated carbocycles. The molecule has 22 heavy (non-hydrogen) atoms. The van der Waals surface area contributed by atoms with Gasteiger partial charge in [-0.25, -0.2) is 4.98 Å². The molecule has 0 aromatic carbocycles. The van der Waals surface area contributed by atoms with Crippen LogP contribution in [0.5, 0.6) is 0 Å². The summed E-state index contributed by atoms with van der Waals surface area (Å²) in [4.78, 5) is 16.8. The molecule has 2 aromatic heterocycles. The molecular weight excluding hydrogens is 305 g/mol. The van der Waals surface area contributed by atoms with Crippen LogP contribution in [-0.4, -0.2) is 27.7 Å². The fourth-order valence-corrected chi connectivity index (χ4v) is 3.48. The second-order valence-electron chi connectivity index (χ2n) is 5.84. The Morgan fingerprint density at radius 1 is 1.55 bits per heavy atom. The Hall–Kier alpha value is -1.62. The molecule has 1 aliphatic carbocycles. The second-order valence-corrected chi connectivity index (χ2v) is 6.20. The van der Waals surface area contributed by atoms with Gasteiger partial charge in [0.1, 0.15) is 5.69 Å². The number of aromatic nitrogens is 2. The first-order chi connectivity index (χ1) is 10.6. The average Bonchev–Trinajstić information content (AvgIpc) is 2.85. The van der Waals surface area contributed by atoms with Crippen LogP contribution in [0.2, 0.25) is 5.15 Å². The van der Waals surface area contributed by atoms with Crippen molar-refractivity contribution in [2.45, 2.75) is 44.7 Å².